The number of carbonyl (C=O) groups is 1. The van der Waals surface area contributed by atoms with E-state index in [1.54, 1.807) is 30.3 Å². The molecule has 0 saturated carbocycles. The van der Waals surface area contributed by atoms with Crippen molar-refractivity contribution in [2.45, 2.75) is 6.61 Å². The van der Waals surface area contributed by atoms with E-state index >= 15 is 0 Å². The van der Waals surface area contributed by atoms with Crippen LogP contribution >= 0.6 is 34.8 Å². The highest BCUT2D eigenvalue weighted by Crippen LogP contribution is 2.34. The first-order valence-electron chi connectivity index (χ1n) is 9.68. The lowest BCUT2D eigenvalue weighted by Gasteiger charge is -2.11. The van der Waals surface area contributed by atoms with E-state index in [1.165, 1.54) is 6.21 Å². The summed E-state index contributed by atoms with van der Waals surface area (Å²) in [5.41, 5.74) is 4.59. The Morgan fingerprint density at radius 2 is 1.56 bits per heavy atom. The summed E-state index contributed by atoms with van der Waals surface area (Å²) >= 11 is 18.6. The Kier molecular flexibility index (Phi) is 6.96. The molecule has 0 aliphatic heterocycles. The molecule has 4 aromatic rings. The molecule has 0 spiro atoms. The monoisotopic (exact) mass is 482 g/mol. The number of rotatable bonds is 6. The second kappa shape index (κ2) is 10.0. The van der Waals surface area contributed by atoms with Gasteiger partial charge in [-0.15, -0.1) is 0 Å². The van der Waals surface area contributed by atoms with Gasteiger partial charge in [0, 0.05) is 10.6 Å². The van der Waals surface area contributed by atoms with E-state index in [4.69, 9.17) is 39.5 Å². The fraction of sp³-hybridized carbons (Fsp3) is 0.0400. The third-order valence-corrected chi connectivity index (χ3v) is 5.52. The highest BCUT2D eigenvalue weighted by Gasteiger charge is 2.10. The van der Waals surface area contributed by atoms with Gasteiger partial charge in [0.05, 0.1) is 16.3 Å². The average molecular weight is 484 g/mol. The Bertz CT molecular complexity index is 1280. The van der Waals surface area contributed by atoms with Crippen molar-refractivity contribution in [3.8, 4) is 5.75 Å². The average Bonchev–Trinajstić information content (AvgIpc) is 2.79. The quantitative estimate of drug-likeness (QED) is 0.234. The molecular weight excluding hydrogens is 467 g/mol. The number of hydrazone groups is 1. The van der Waals surface area contributed by atoms with Crippen LogP contribution in [0.5, 0.6) is 5.75 Å². The zero-order chi connectivity index (χ0) is 22.5. The van der Waals surface area contributed by atoms with Crippen LogP contribution in [0.4, 0.5) is 0 Å². The van der Waals surface area contributed by atoms with Gasteiger partial charge in [-0.2, -0.15) is 5.10 Å². The zero-order valence-electron chi connectivity index (χ0n) is 16.7. The van der Waals surface area contributed by atoms with Crippen LogP contribution in [0.25, 0.3) is 10.8 Å². The number of fused-ring (bicyclic) bond motifs is 1. The number of nitrogens with one attached hydrogen (secondary N) is 1. The lowest BCUT2D eigenvalue weighted by atomic mass is 10.1. The molecule has 0 aliphatic rings. The van der Waals surface area contributed by atoms with Crippen LogP contribution < -0.4 is 10.2 Å². The summed E-state index contributed by atoms with van der Waals surface area (Å²) in [7, 11) is 0. The number of benzene rings is 4. The molecule has 1 amide bonds. The maximum Gasteiger partial charge on any atom is 0.271 e. The topological polar surface area (TPSA) is 50.7 Å². The Labute approximate surface area is 200 Å². The van der Waals surface area contributed by atoms with E-state index in [0.717, 1.165) is 16.3 Å². The Morgan fingerprint density at radius 1 is 0.875 bits per heavy atom. The van der Waals surface area contributed by atoms with Crippen molar-refractivity contribution in [3.63, 3.8) is 0 Å². The number of nitrogens with zero attached hydrogens (tertiary/aromatic N) is 1. The number of hydrogen-bond acceptors (Lipinski definition) is 3. The minimum Gasteiger partial charge on any atom is -0.486 e. The fourth-order valence-electron chi connectivity index (χ4n) is 3.09. The van der Waals surface area contributed by atoms with Gasteiger partial charge in [-0.1, -0.05) is 77.3 Å². The van der Waals surface area contributed by atoms with Crippen molar-refractivity contribution >= 4 is 57.7 Å². The molecule has 0 aliphatic carbocycles. The molecule has 4 aromatic carbocycles. The molecule has 0 fully saturated rings. The smallest absolute Gasteiger partial charge is 0.271 e. The van der Waals surface area contributed by atoms with E-state index in [-0.39, 0.29) is 5.91 Å². The minimum absolute atomic E-state index is 0.297. The van der Waals surface area contributed by atoms with Gasteiger partial charge in [-0.05, 0) is 58.3 Å². The van der Waals surface area contributed by atoms with Crippen molar-refractivity contribution in [1.82, 2.24) is 5.43 Å². The van der Waals surface area contributed by atoms with Gasteiger partial charge in [0.2, 0.25) is 0 Å². The Morgan fingerprint density at radius 3 is 2.28 bits per heavy atom. The Hall–Kier alpha value is -3.05. The predicted octanol–water partition coefficient (Wildman–Crippen LogP) is 7.14. The van der Waals surface area contributed by atoms with Crippen molar-refractivity contribution in [1.29, 1.82) is 0 Å². The molecule has 4 nitrogen and oxygen atoms in total. The summed E-state index contributed by atoms with van der Waals surface area (Å²) < 4.78 is 5.76. The second-order valence-corrected chi connectivity index (χ2v) is 8.24. The van der Waals surface area contributed by atoms with Crippen LogP contribution in [0.2, 0.25) is 15.1 Å². The Balaban J connectivity index is 1.41. The first-order chi connectivity index (χ1) is 15.5. The molecule has 0 atom stereocenters. The van der Waals surface area contributed by atoms with Crippen molar-refractivity contribution < 1.29 is 9.53 Å². The van der Waals surface area contributed by atoms with E-state index in [0.29, 0.717) is 38.6 Å². The summed E-state index contributed by atoms with van der Waals surface area (Å²) in [4.78, 5) is 12.4. The molecule has 0 radical (unpaired) electrons. The maximum atomic E-state index is 12.4. The van der Waals surface area contributed by atoms with E-state index < -0.39 is 0 Å². The maximum absolute atomic E-state index is 12.4. The minimum atomic E-state index is -0.313. The van der Waals surface area contributed by atoms with E-state index in [9.17, 15) is 4.79 Å². The first-order valence-corrected chi connectivity index (χ1v) is 10.8. The molecule has 0 unspecified atom stereocenters. The van der Waals surface area contributed by atoms with Crippen LogP contribution in [0.3, 0.4) is 0 Å². The normalized spacial score (nSPS) is 11.1. The number of halogens is 3. The lowest BCUT2D eigenvalue weighted by Crippen LogP contribution is -2.17. The van der Waals surface area contributed by atoms with Crippen molar-refractivity contribution in [3.05, 3.63) is 111 Å². The van der Waals surface area contributed by atoms with E-state index in [1.807, 2.05) is 48.5 Å². The summed E-state index contributed by atoms with van der Waals surface area (Å²) in [6, 6.07) is 23.9. The number of carbonyl (C=O) groups excluding carboxylic acids is 1. The summed E-state index contributed by atoms with van der Waals surface area (Å²) in [5, 5.41) is 7.40. The highest BCUT2D eigenvalue weighted by molar-refractivity contribution is 6.37. The van der Waals surface area contributed by atoms with Gasteiger partial charge >= 0.3 is 0 Å². The molecule has 0 heterocycles. The molecular formula is C25H17Cl3N2O2. The standard InChI is InChI=1S/C25H17Cl3N2O2/c26-21-9-5-16(6-10-21)15-32-24-22(27)11-17(12-23(24)28)14-29-30-25(31)20-8-7-18-3-1-2-4-19(18)13-20/h1-14H,15H2,(H,30,31)/b29-14-. The fourth-order valence-corrected chi connectivity index (χ4v) is 3.83. The number of amides is 1. The molecule has 0 aromatic heterocycles. The zero-order valence-corrected chi connectivity index (χ0v) is 19.0. The van der Waals surface area contributed by atoms with Crippen LogP contribution in [-0.4, -0.2) is 12.1 Å². The van der Waals surface area contributed by atoms with Gasteiger partial charge in [-0.25, -0.2) is 5.43 Å². The van der Waals surface area contributed by atoms with Gasteiger partial charge < -0.3 is 4.74 Å². The molecule has 0 bridgehead atoms. The van der Waals surface area contributed by atoms with Gasteiger partial charge in [0.1, 0.15) is 6.61 Å². The lowest BCUT2D eigenvalue weighted by molar-refractivity contribution is 0.0955. The summed E-state index contributed by atoms with van der Waals surface area (Å²) in [6.07, 6.45) is 1.47. The van der Waals surface area contributed by atoms with Crippen LogP contribution in [0.15, 0.2) is 84.0 Å². The molecule has 32 heavy (non-hydrogen) atoms. The van der Waals surface area contributed by atoms with Gasteiger partial charge in [-0.3, -0.25) is 4.79 Å². The number of hydrogen-bond donors (Lipinski definition) is 1. The van der Waals surface area contributed by atoms with Crippen LogP contribution in [0.1, 0.15) is 21.5 Å². The van der Waals surface area contributed by atoms with Crippen molar-refractivity contribution in [2.24, 2.45) is 5.10 Å². The molecule has 160 valence electrons. The second-order valence-electron chi connectivity index (χ2n) is 6.99. The largest absolute Gasteiger partial charge is 0.486 e. The van der Waals surface area contributed by atoms with Crippen molar-refractivity contribution in [2.75, 3.05) is 0 Å². The molecule has 4 rings (SSSR count). The first kappa shape index (κ1) is 22.2. The summed E-state index contributed by atoms with van der Waals surface area (Å²) in [6.45, 7) is 0.297. The third-order valence-electron chi connectivity index (χ3n) is 4.71. The van der Waals surface area contributed by atoms with Gasteiger partial charge in [0.25, 0.3) is 5.91 Å². The molecule has 1 N–H and O–H groups in total. The molecule has 0 saturated heterocycles. The SMILES string of the molecule is O=C(N/N=C\c1cc(Cl)c(OCc2ccc(Cl)cc2)c(Cl)c1)c1ccc2ccccc2c1. The summed E-state index contributed by atoms with van der Waals surface area (Å²) in [5.74, 6) is 0.0627. The van der Waals surface area contributed by atoms with E-state index in [2.05, 4.69) is 10.5 Å². The number of ether oxygens (including phenoxy) is 1. The van der Waals surface area contributed by atoms with Crippen LogP contribution in [-0.2, 0) is 6.61 Å². The van der Waals surface area contributed by atoms with Gasteiger partial charge in [0.15, 0.2) is 5.75 Å². The highest BCUT2D eigenvalue weighted by atomic mass is 35.5. The predicted molar refractivity (Wildman–Crippen MR) is 131 cm³/mol. The third kappa shape index (κ3) is 5.40. The molecule has 7 heteroatoms. The van der Waals surface area contributed by atoms with Crippen LogP contribution in [0, 0.1) is 0 Å².